The van der Waals surface area contributed by atoms with Crippen LogP contribution in [0.2, 0.25) is 0 Å². The number of rotatable bonds is 6. The van der Waals surface area contributed by atoms with Gasteiger partial charge in [-0.05, 0) is 75.8 Å². The average Bonchev–Trinajstić information content (AvgIpc) is 2.91. The van der Waals surface area contributed by atoms with Crippen LogP contribution in [0.5, 0.6) is 11.5 Å². The molecule has 0 bridgehead atoms. The normalized spacial score (nSPS) is 15.2. The molecule has 2 N–H and O–H groups in total. The van der Waals surface area contributed by atoms with Crippen molar-refractivity contribution in [3.05, 3.63) is 77.5 Å². The maximum absolute atomic E-state index is 10.5. The second kappa shape index (κ2) is 10.0. The largest absolute Gasteiger partial charge is 0.493 e. The van der Waals surface area contributed by atoms with Crippen molar-refractivity contribution < 1.29 is 19.7 Å². The van der Waals surface area contributed by atoms with Crippen LogP contribution in [-0.4, -0.2) is 36.0 Å². The monoisotopic (exact) mass is 582 g/mol. The first-order valence-electron chi connectivity index (χ1n) is 11.5. The van der Waals surface area contributed by atoms with Gasteiger partial charge in [0.25, 0.3) is 0 Å². The summed E-state index contributed by atoms with van der Waals surface area (Å²) < 4.78 is 11.9. The fraction of sp³-hybridized carbons (Fsp3) is 0.250. The number of benzene rings is 3. The summed E-state index contributed by atoms with van der Waals surface area (Å²) in [4.78, 5) is 6.84. The molecule has 1 atom stereocenters. The smallest absolute Gasteiger partial charge is 0.161 e. The lowest BCUT2D eigenvalue weighted by molar-refractivity contribution is 0.165. The number of ether oxygens (including phenoxy) is 2. The molecule has 4 aromatic rings. The first-order chi connectivity index (χ1) is 17.1. The second-order valence-corrected chi connectivity index (χ2v) is 9.29. The van der Waals surface area contributed by atoms with Crippen LogP contribution >= 0.6 is 22.6 Å². The van der Waals surface area contributed by atoms with Crippen molar-refractivity contribution in [3.8, 4) is 22.6 Å². The predicted octanol–water partition coefficient (Wildman–Crippen LogP) is 5.92. The number of para-hydroxylation sites is 1. The summed E-state index contributed by atoms with van der Waals surface area (Å²) in [6.45, 7) is 0.593. The third-order valence-corrected chi connectivity index (χ3v) is 7.49. The molecule has 1 aliphatic heterocycles. The lowest BCUT2D eigenvalue weighted by Gasteiger charge is -2.33. The van der Waals surface area contributed by atoms with Crippen molar-refractivity contribution in [2.75, 3.05) is 25.7 Å². The van der Waals surface area contributed by atoms with Gasteiger partial charge in [-0.1, -0.05) is 40.8 Å². The Kier molecular flexibility index (Phi) is 6.82. The van der Waals surface area contributed by atoms with Gasteiger partial charge in [0.2, 0.25) is 0 Å². The Bertz CT molecular complexity index is 1390. The van der Waals surface area contributed by atoms with E-state index in [1.807, 2.05) is 48.7 Å². The van der Waals surface area contributed by atoms with E-state index in [0.717, 1.165) is 54.5 Å². The molecule has 1 unspecified atom stereocenters. The molecule has 0 amide bonds. The molecule has 0 aliphatic carbocycles. The second-order valence-electron chi connectivity index (χ2n) is 8.53. The van der Waals surface area contributed by atoms with Crippen molar-refractivity contribution >= 4 is 44.9 Å². The number of alkyl halides is 1. The van der Waals surface area contributed by atoms with Gasteiger partial charge < -0.3 is 24.6 Å². The van der Waals surface area contributed by atoms with Crippen LogP contribution < -0.4 is 14.4 Å². The maximum atomic E-state index is 10.5. The molecule has 180 valence electrons. The van der Waals surface area contributed by atoms with Crippen molar-refractivity contribution in [2.45, 2.75) is 23.6 Å². The van der Waals surface area contributed by atoms with E-state index >= 15 is 0 Å². The minimum Gasteiger partial charge on any atom is -0.493 e. The van der Waals surface area contributed by atoms with Crippen LogP contribution in [-0.2, 0) is 11.0 Å². The van der Waals surface area contributed by atoms with E-state index in [-0.39, 0.29) is 6.61 Å². The molecule has 7 heteroatoms. The molecule has 0 spiro atoms. The van der Waals surface area contributed by atoms with Crippen LogP contribution in [0.25, 0.3) is 21.9 Å². The lowest BCUT2D eigenvalue weighted by Crippen LogP contribution is -2.27. The van der Waals surface area contributed by atoms with E-state index in [1.165, 1.54) is 0 Å². The molecule has 0 fully saturated rings. The summed E-state index contributed by atoms with van der Waals surface area (Å²) >= 11 is 2.34. The Morgan fingerprint density at radius 2 is 1.83 bits per heavy atom. The van der Waals surface area contributed by atoms with Crippen LogP contribution in [0, 0.1) is 0 Å². The number of aliphatic hydroxyl groups excluding tert-OH is 2. The number of anilines is 2. The SMILES string of the molecule is COc1cc2cc(CI)c(CO)c(-c3ccnc(N4CCC(O)c5ccccc54)c3)c2cc1OC. The van der Waals surface area contributed by atoms with Gasteiger partial charge in [0.1, 0.15) is 5.82 Å². The number of hydrogen-bond acceptors (Lipinski definition) is 6. The molecule has 6 nitrogen and oxygen atoms in total. The Morgan fingerprint density at radius 3 is 2.57 bits per heavy atom. The van der Waals surface area contributed by atoms with Gasteiger partial charge in [-0.15, -0.1) is 0 Å². The number of halogens is 1. The number of hydrogen-bond donors (Lipinski definition) is 2. The summed E-state index contributed by atoms with van der Waals surface area (Å²) in [6.07, 6.45) is 1.97. The third-order valence-electron chi connectivity index (χ3n) is 6.67. The maximum Gasteiger partial charge on any atom is 0.161 e. The van der Waals surface area contributed by atoms with Crippen molar-refractivity contribution in [3.63, 3.8) is 0 Å². The molecule has 3 aromatic carbocycles. The summed E-state index contributed by atoms with van der Waals surface area (Å²) in [7, 11) is 3.26. The Hall–Kier alpha value is -2.88. The highest BCUT2D eigenvalue weighted by Gasteiger charge is 2.25. The topological polar surface area (TPSA) is 75.1 Å². The molecule has 1 aliphatic rings. The summed E-state index contributed by atoms with van der Waals surface area (Å²) in [6, 6.07) is 18.0. The Morgan fingerprint density at radius 1 is 1.06 bits per heavy atom. The average molecular weight is 582 g/mol. The van der Waals surface area contributed by atoms with Gasteiger partial charge in [0.05, 0.1) is 26.9 Å². The first kappa shape index (κ1) is 23.8. The zero-order valence-electron chi connectivity index (χ0n) is 19.7. The zero-order valence-corrected chi connectivity index (χ0v) is 21.8. The third kappa shape index (κ3) is 4.22. The van der Waals surface area contributed by atoms with Gasteiger partial charge in [0, 0.05) is 28.4 Å². The predicted molar refractivity (Wildman–Crippen MR) is 147 cm³/mol. The van der Waals surface area contributed by atoms with Crippen LogP contribution in [0.3, 0.4) is 0 Å². The van der Waals surface area contributed by atoms with Crippen molar-refractivity contribution in [1.82, 2.24) is 4.98 Å². The van der Waals surface area contributed by atoms with Gasteiger partial charge in [-0.3, -0.25) is 0 Å². The van der Waals surface area contributed by atoms with E-state index < -0.39 is 6.10 Å². The minimum absolute atomic E-state index is 0.0751. The van der Waals surface area contributed by atoms with Gasteiger partial charge >= 0.3 is 0 Å². The zero-order chi connectivity index (χ0) is 24.5. The number of methoxy groups -OCH3 is 2. The number of fused-ring (bicyclic) bond motifs is 2. The van der Waals surface area contributed by atoms with Gasteiger partial charge in [-0.25, -0.2) is 4.98 Å². The van der Waals surface area contributed by atoms with Crippen molar-refractivity contribution in [2.24, 2.45) is 0 Å². The summed E-state index contributed by atoms with van der Waals surface area (Å²) in [5.41, 5.74) is 5.78. The van der Waals surface area contributed by atoms with Crippen LogP contribution in [0.4, 0.5) is 11.5 Å². The van der Waals surface area contributed by atoms with E-state index in [4.69, 9.17) is 9.47 Å². The van der Waals surface area contributed by atoms with E-state index in [0.29, 0.717) is 24.5 Å². The van der Waals surface area contributed by atoms with Gasteiger partial charge in [-0.2, -0.15) is 0 Å². The highest BCUT2D eigenvalue weighted by Crippen LogP contribution is 2.43. The molecule has 1 aromatic heterocycles. The fourth-order valence-corrected chi connectivity index (χ4v) is 5.64. The minimum atomic E-state index is -0.474. The highest BCUT2D eigenvalue weighted by molar-refractivity contribution is 14.1. The molecular formula is C28H27IN2O4. The molecule has 5 rings (SSSR count). The Labute approximate surface area is 218 Å². The Balaban J connectivity index is 1.73. The van der Waals surface area contributed by atoms with Crippen LogP contribution in [0.1, 0.15) is 29.2 Å². The molecular weight excluding hydrogens is 555 g/mol. The number of aliphatic hydroxyl groups is 2. The molecule has 35 heavy (non-hydrogen) atoms. The standard InChI is InChI=1S/C28H27IN2O4/c1-34-25-12-18-11-19(15-29)22(16-32)28(21(18)14-26(25)35-2)17-7-9-30-27(13-17)31-10-8-24(33)20-5-3-4-6-23(20)31/h3-7,9,11-14,24,32-33H,8,10,15-16H2,1-2H3. The first-order valence-corrected chi connectivity index (χ1v) is 13.0. The van der Waals surface area contributed by atoms with Crippen molar-refractivity contribution in [1.29, 1.82) is 0 Å². The van der Waals surface area contributed by atoms with E-state index in [1.54, 1.807) is 14.2 Å². The molecule has 0 saturated heterocycles. The molecule has 2 heterocycles. The summed E-state index contributed by atoms with van der Waals surface area (Å²) in [5.74, 6) is 2.11. The highest BCUT2D eigenvalue weighted by atomic mass is 127. The number of pyridine rings is 1. The quantitative estimate of drug-likeness (QED) is 0.217. The lowest BCUT2D eigenvalue weighted by atomic mass is 9.90. The molecule has 0 radical (unpaired) electrons. The van der Waals surface area contributed by atoms with E-state index in [2.05, 4.69) is 44.6 Å². The number of aromatic nitrogens is 1. The van der Waals surface area contributed by atoms with Gasteiger partial charge in [0.15, 0.2) is 11.5 Å². The fourth-order valence-electron chi connectivity index (χ4n) is 4.96. The number of nitrogens with zero attached hydrogens (tertiary/aromatic N) is 2. The summed E-state index contributed by atoms with van der Waals surface area (Å²) in [5, 5.41) is 22.9. The van der Waals surface area contributed by atoms with E-state index in [9.17, 15) is 10.2 Å². The van der Waals surface area contributed by atoms with Crippen LogP contribution in [0.15, 0.2) is 60.8 Å². The molecule has 0 saturated carbocycles.